The summed E-state index contributed by atoms with van der Waals surface area (Å²) >= 11 is 10.00. The summed E-state index contributed by atoms with van der Waals surface area (Å²) in [5, 5.41) is 2.04. The Kier molecular flexibility index (Phi) is 3.57. The summed E-state index contributed by atoms with van der Waals surface area (Å²) in [6.45, 7) is 0. The van der Waals surface area contributed by atoms with Crippen molar-refractivity contribution in [2.24, 2.45) is 7.05 Å². The minimum Gasteiger partial charge on any atom is -0.185 e. The van der Waals surface area contributed by atoms with Crippen LogP contribution in [-0.4, -0.2) is 0 Å². The molecule has 0 atom stereocenters. The van der Waals surface area contributed by atoms with Gasteiger partial charge in [0, 0.05) is 27.5 Å². The second-order valence-corrected chi connectivity index (χ2v) is 7.69. The van der Waals surface area contributed by atoms with Crippen LogP contribution in [0.4, 0.5) is 0 Å². The molecule has 0 amide bonds. The van der Waals surface area contributed by atoms with Gasteiger partial charge in [-0.1, -0.05) is 65.0 Å². The molecule has 2 aromatic carbocycles. The Bertz CT molecular complexity index is 937. The van der Waals surface area contributed by atoms with Crippen LogP contribution in [0.15, 0.2) is 64.4 Å². The predicted octanol–water partition coefficient (Wildman–Crippen LogP) is 5.45. The lowest BCUT2D eigenvalue weighted by Gasteiger charge is -2.14. The SMILES string of the molecule is C[n+]1c(/C=C2\C=C(Cl)c3ccccc3S2)sc2ccccc21. The first-order valence-corrected chi connectivity index (χ1v) is 8.97. The average molecular weight is 343 g/mol. The van der Waals surface area contributed by atoms with Crippen molar-refractivity contribution in [3.63, 3.8) is 0 Å². The first-order chi connectivity index (χ1) is 10.7. The molecular formula is C18H13ClNS2+. The lowest BCUT2D eigenvalue weighted by atomic mass is 10.2. The van der Waals surface area contributed by atoms with Crippen LogP contribution in [0, 0.1) is 0 Å². The number of para-hydroxylation sites is 1. The van der Waals surface area contributed by atoms with Crippen LogP contribution in [0.2, 0.25) is 0 Å². The molecule has 22 heavy (non-hydrogen) atoms. The molecule has 3 aromatic rings. The van der Waals surface area contributed by atoms with E-state index in [-0.39, 0.29) is 0 Å². The number of thiazole rings is 1. The van der Waals surface area contributed by atoms with Crippen LogP contribution >= 0.6 is 34.7 Å². The second kappa shape index (κ2) is 5.58. The van der Waals surface area contributed by atoms with Gasteiger partial charge in [-0.2, -0.15) is 4.57 Å². The van der Waals surface area contributed by atoms with Gasteiger partial charge in [0.2, 0.25) is 5.52 Å². The van der Waals surface area contributed by atoms with Gasteiger partial charge in [0.15, 0.2) is 0 Å². The van der Waals surface area contributed by atoms with Crippen molar-refractivity contribution in [1.82, 2.24) is 0 Å². The number of hydrogen-bond acceptors (Lipinski definition) is 2. The number of aryl methyl sites for hydroxylation is 1. The molecule has 1 nitrogen and oxygen atoms in total. The first-order valence-electron chi connectivity index (χ1n) is 6.96. The zero-order valence-electron chi connectivity index (χ0n) is 11.9. The molecule has 4 rings (SSSR count). The minimum absolute atomic E-state index is 0.810. The van der Waals surface area contributed by atoms with E-state index in [1.54, 1.807) is 23.1 Å². The Labute approximate surface area is 142 Å². The van der Waals surface area contributed by atoms with E-state index in [0.29, 0.717) is 0 Å². The van der Waals surface area contributed by atoms with Crippen molar-refractivity contribution in [3.8, 4) is 0 Å². The first kappa shape index (κ1) is 14.1. The topological polar surface area (TPSA) is 3.88 Å². The fraction of sp³-hybridized carbons (Fsp3) is 0.0556. The lowest BCUT2D eigenvalue weighted by molar-refractivity contribution is -0.642. The van der Waals surface area contributed by atoms with Gasteiger partial charge in [-0.25, -0.2) is 0 Å². The highest BCUT2D eigenvalue weighted by Crippen LogP contribution is 2.42. The molecular weight excluding hydrogens is 330 g/mol. The third-order valence-corrected chi connectivity index (χ3v) is 6.20. The molecule has 4 heteroatoms. The van der Waals surface area contributed by atoms with E-state index in [2.05, 4.69) is 66.2 Å². The summed E-state index contributed by atoms with van der Waals surface area (Å²) in [7, 11) is 2.11. The molecule has 0 unspecified atom stereocenters. The second-order valence-electron chi connectivity index (χ2n) is 5.10. The Balaban J connectivity index is 1.80. The predicted molar refractivity (Wildman–Crippen MR) is 97.1 cm³/mol. The molecule has 0 fully saturated rings. The average Bonchev–Trinajstić information content (AvgIpc) is 2.84. The molecule has 0 spiro atoms. The molecule has 0 bridgehead atoms. The van der Waals surface area contributed by atoms with Gasteiger partial charge in [-0.05, 0) is 18.2 Å². The highest BCUT2D eigenvalue weighted by molar-refractivity contribution is 8.03. The summed E-state index contributed by atoms with van der Waals surface area (Å²) in [5.74, 6) is 0. The fourth-order valence-electron chi connectivity index (χ4n) is 2.55. The highest BCUT2D eigenvalue weighted by Gasteiger charge is 2.18. The number of nitrogens with zero attached hydrogens (tertiary/aromatic N) is 1. The Morgan fingerprint density at radius 1 is 1.05 bits per heavy atom. The number of rotatable bonds is 1. The summed E-state index contributed by atoms with van der Waals surface area (Å²) in [6.07, 6.45) is 4.27. The Morgan fingerprint density at radius 2 is 1.82 bits per heavy atom. The highest BCUT2D eigenvalue weighted by atomic mass is 35.5. The van der Waals surface area contributed by atoms with Crippen LogP contribution in [0.1, 0.15) is 10.6 Å². The number of hydrogen-bond donors (Lipinski definition) is 0. The van der Waals surface area contributed by atoms with Gasteiger partial charge in [-0.15, -0.1) is 0 Å². The van der Waals surface area contributed by atoms with E-state index < -0.39 is 0 Å². The quantitative estimate of drug-likeness (QED) is 0.532. The standard InChI is InChI=1S/C18H13ClNS2/c1-20-15-7-3-5-9-17(15)22-18(20)11-12-10-14(19)13-6-2-4-8-16(13)21-12/h2-11H,1H3/q+1/b12-11+. The maximum Gasteiger partial charge on any atom is 0.263 e. The van der Waals surface area contributed by atoms with Crippen molar-refractivity contribution in [2.75, 3.05) is 0 Å². The van der Waals surface area contributed by atoms with Crippen molar-refractivity contribution in [2.45, 2.75) is 4.90 Å². The molecule has 108 valence electrons. The normalized spacial score (nSPS) is 15.9. The van der Waals surface area contributed by atoms with Crippen LogP contribution in [-0.2, 0) is 7.05 Å². The van der Waals surface area contributed by atoms with E-state index in [9.17, 15) is 0 Å². The van der Waals surface area contributed by atoms with Crippen LogP contribution in [0.3, 0.4) is 0 Å². The van der Waals surface area contributed by atoms with Gasteiger partial charge in [0.05, 0.1) is 5.03 Å². The van der Waals surface area contributed by atoms with E-state index in [4.69, 9.17) is 11.6 Å². The summed E-state index contributed by atoms with van der Waals surface area (Å²) < 4.78 is 3.53. The number of halogens is 1. The minimum atomic E-state index is 0.810. The maximum atomic E-state index is 6.43. The summed E-state index contributed by atoms with van der Waals surface area (Å²) in [6, 6.07) is 16.7. The fourth-order valence-corrected chi connectivity index (χ4v) is 5.17. The number of allylic oxidation sites excluding steroid dienone is 1. The zero-order valence-corrected chi connectivity index (χ0v) is 14.3. The smallest absolute Gasteiger partial charge is 0.185 e. The van der Waals surface area contributed by atoms with Gasteiger partial charge in [-0.3, -0.25) is 0 Å². The van der Waals surface area contributed by atoms with Crippen LogP contribution in [0.5, 0.6) is 0 Å². The number of benzene rings is 2. The molecule has 0 radical (unpaired) electrons. The van der Waals surface area contributed by atoms with Crippen molar-refractivity contribution in [1.29, 1.82) is 0 Å². The van der Waals surface area contributed by atoms with Gasteiger partial charge in [0.25, 0.3) is 5.01 Å². The van der Waals surface area contributed by atoms with Crippen LogP contribution < -0.4 is 4.57 Å². The number of thioether (sulfide) groups is 1. The van der Waals surface area contributed by atoms with E-state index in [1.807, 2.05) is 6.07 Å². The lowest BCUT2D eigenvalue weighted by Crippen LogP contribution is -2.28. The zero-order chi connectivity index (χ0) is 15.1. The van der Waals surface area contributed by atoms with Crippen molar-refractivity contribution < 1.29 is 4.57 Å². The number of fused-ring (bicyclic) bond motifs is 2. The molecule has 0 aliphatic carbocycles. The molecule has 1 aromatic heterocycles. The molecule has 0 saturated heterocycles. The van der Waals surface area contributed by atoms with Gasteiger partial charge in [0.1, 0.15) is 11.7 Å². The van der Waals surface area contributed by atoms with Crippen molar-refractivity contribution >= 4 is 56.0 Å². The summed E-state index contributed by atoms with van der Waals surface area (Å²) in [4.78, 5) is 2.39. The van der Waals surface area contributed by atoms with Crippen molar-refractivity contribution in [3.05, 3.63) is 70.1 Å². The van der Waals surface area contributed by atoms with Crippen LogP contribution in [0.25, 0.3) is 21.3 Å². The van der Waals surface area contributed by atoms with E-state index in [1.165, 1.54) is 25.0 Å². The number of aromatic nitrogens is 1. The largest absolute Gasteiger partial charge is 0.263 e. The monoisotopic (exact) mass is 342 g/mol. The van der Waals surface area contributed by atoms with E-state index >= 15 is 0 Å². The molecule has 0 saturated carbocycles. The molecule has 2 heterocycles. The Morgan fingerprint density at radius 3 is 2.68 bits per heavy atom. The Hall–Kier alpha value is -1.55. The molecule has 0 N–H and O–H groups in total. The molecule has 1 aliphatic heterocycles. The van der Waals surface area contributed by atoms with Gasteiger partial charge < -0.3 is 0 Å². The molecule has 1 aliphatic rings. The third-order valence-electron chi connectivity index (χ3n) is 3.68. The van der Waals surface area contributed by atoms with E-state index in [0.717, 1.165) is 10.6 Å². The summed E-state index contributed by atoms with van der Waals surface area (Å²) in [5.41, 5.74) is 2.38. The maximum absolute atomic E-state index is 6.43. The van der Waals surface area contributed by atoms with Gasteiger partial charge >= 0.3 is 0 Å². The third kappa shape index (κ3) is 2.39.